The molecule has 0 saturated carbocycles. The number of hydrogen-bond acceptors (Lipinski definition) is 2. The van der Waals surface area contributed by atoms with E-state index in [0.29, 0.717) is 12.1 Å². The number of hydrogen-bond donors (Lipinski definition) is 2. The lowest BCUT2D eigenvalue weighted by Crippen LogP contribution is -2.34. The molecule has 3 aromatic rings. The van der Waals surface area contributed by atoms with Crippen LogP contribution in [0.25, 0.3) is 0 Å². The Balaban J connectivity index is 1.80. The van der Waals surface area contributed by atoms with E-state index in [-0.39, 0.29) is 11.7 Å². The van der Waals surface area contributed by atoms with Gasteiger partial charge in [-0.2, -0.15) is 0 Å². The van der Waals surface area contributed by atoms with Gasteiger partial charge in [-0.05, 0) is 55.1 Å². The molecule has 0 heterocycles. The molecule has 4 heteroatoms. The Hall–Kier alpha value is -2.98. The molecule has 29 heavy (non-hydrogen) atoms. The van der Waals surface area contributed by atoms with Crippen molar-refractivity contribution < 1.29 is 9.18 Å². The average Bonchev–Trinajstić information content (AvgIpc) is 2.72. The Morgan fingerprint density at radius 3 is 2.21 bits per heavy atom. The molecule has 0 unspecified atom stereocenters. The van der Waals surface area contributed by atoms with Gasteiger partial charge >= 0.3 is 0 Å². The van der Waals surface area contributed by atoms with Gasteiger partial charge in [0.2, 0.25) is 5.91 Å². The van der Waals surface area contributed by atoms with Crippen molar-refractivity contribution in [3.63, 3.8) is 0 Å². The molecule has 0 aliphatic rings. The van der Waals surface area contributed by atoms with Crippen molar-refractivity contribution in [2.75, 3.05) is 6.54 Å². The fourth-order valence-corrected chi connectivity index (χ4v) is 3.61. The highest BCUT2D eigenvalue weighted by Gasteiger charge is 2.19. The van der Waals surface area contributed by atoms with Crippen LogP contribution in [0, 0.1) is 19.7 Å². The van der Waals surface area contributed by atoms with Crippen LogP contribution in [0.3, 0.4) is 0 Å². The Morgan fingerprint density at radius 2 is 1.59 bits per heavy atom. The maximum Gasteiger partial charge on any atom is 0.239 e. The number of benzene rings is 3. The smallest absolute Gasteiger partial charge is 0.239 e. The largest absolute Gasteiger partial charge is 0.368 e. The molecule has 0 bridgehead atoms. The molecule has 2 atom stereocenters. The van der Waals surface area contributed by atoms with Crippen LogP contribution >= 0.6 is 0 Å². The predicted molar refractivity (Wildman–Crippen MR) is 115 cm³/mol. The Labute approximate surface area is 171 Å². The normalized spacial score (nSPS) is 13.1. The molecule has 0 fully saturated rings. The fourth-order valence-electron chi connectivity index (χ4n) is 3.61. The zero-order valence-electron chi connectivity index (χ0n) is 16.9. The number of nitrogens with two attached hydrogens (primary N) is 1. The molecule has 3 N–H and O–H groups in total. The highest BCUT2D eigenvalue weighted by molar-refractivity contribution is 5.81. The topological polar surface area (TPSA) is 55.1 Å². The van der Waals surface area contributed by atoms with Gasteiger partial charge in [-0.3, -0.25) is 4.79 Å². The van der Waals surface area contributed by atoms with E-state index in [1.807, 2.05) is 42.5 Å². The molecule has 3 nitrogen and oxygen atoms in total. The molecule has 150 valence electrons. The third-order valence-electron chi connectivity index (χ3n) is 5.26. The first-order valence-corrected chi connectivity index (χ1v) is 9.86. The second-order valence-electron chi connectivity index (χ2n) is 7.46. The number of aryl methyl sites for hydroxylation is 2. The summed E-state index contributed by atoms with van der Waals surface area (Å²) in [6.07, 6.45) is 0.755. The summed E-state index contributed by atoms with van der Waals surface area (Å²) >= 11 is 0. The molecule has 3 aromatic carbocycles. The number of carbonyl (C=O) groups is 1. The number of halogens is 1. The number of primary amides is 1. The van der Waals surface area contributed by atoms with E-state index in [4.69, 9.17) is 5.73 Å². The molecule has 0 radical (unpaired) electrons. The van der Waals surface area contributed by atoms with Crippen molar-refractivity contribution in [1.29, 1.82) is 0 Å². The van der Waals surface area contributed by atoms with Gasteiger partial charge in [-0.15, -0.1) is 0 Å². The third-order valence-corrected chi connectivity index (χ3v) is 5.26. The van der Waals surface area contributed by atoms with Crippen molar-refractivity contribution >= 4 is 5.91 Å². The number of amides is 1. The maximum atomic E-state index is 13.8. The summed E-state index contributed by atoms with van der Waals surface area (Å²) in [5.74, 6) is -0.514. The minimum atomic E-state index is -0.537. The van der Waals surface area contributed by atoms with Crippen LogP contribution in [0.15, 0.2) is 72.8 Å². The van der Waals surface area contributed by atoms with Crippen LogP contribution in [-0.4, -0.2) is 12.5 Å². The average molecular weight is 391 g/mol. The highest BCUT2D eigenvalue weighted by atomic mass is 19.1. The summed E-state index contributed by atoms with van der Waals surface area (Å²) in [5.41, 5.74) is 10.5. The minimum absolute atomic E-state index is 0.0895. The third kappa shape index (κ3) is 5.30. The van der Waals surface area contributed by atoms with E-state index < -0.39 is 11.9 Å². The molecular formula is C25H27FN2O. The lowest BCUT2D eigenvalue weighted by molar-refractivity contribution is -0.120. The van der Waals surface area contributed by atoms with E-state index in [1.54, 1.807) is 6.92 Å². The SMILES string of the molecule is Cc1ccc([C@@H](CCN[C@H](C(N)=O)c2ccccc2)c2ccc(F)c(C)c2)cc1. The first kappa shape index (κ1) is 20.7. The van der Waals surface area contributed by atoms with Crippen molar-refractivity contribution in [2.45, 2.75) is 32.2 Å². The van der Waals surface area contributed by atoms with E-state index in [9.17, 15) is 9.18 Å². The summed E-state index contributed by atoms with van der Waals surface area (Å²) in [6, 6.07) is 22.6. The van der Waals surface area contributed by atoms with E-state index in [0.717, 1.165) is 17.5 Å². The van der Waals surface area contributed by atoms with Crippen LogP contribution in [-0.2, 0) is 4.79 Å². The first-order chi connectivity index (χ1) is 14.0. The lowest BCUT2D eigenvalue weighted by Gasteiger charge is -2.22. The van der Waals surface area contributed by atoms with Crippen LogP contribution in [0.2, 0.25) is 0 Å². The molecule has 1 amide bonds. The van der Waals surface area contributed by atoms with Crippen molar-refractivity contribution in [3.05, 3.63) is 106 Å². The second kappa shape index (κ2) is 9.48. The minimum Gasteiger partial charge on any atom is -0.368 e. The molecule has 0 spiro atoms. The van der Waals surface area contributed by atoms with Crippen molar-refractivity contribution in [1.82, 2.24) is 5.32 Å². The van der Waals surface area contributed by atoms with Crippen LogP contribution in [0.1, 0.15) is 46.2 Å². The van der Waals surface area contributed by atoms with Gasteiger partial charge in [0.15, 0.2) is 0 Å². The Bertz CT molecular complexity index is 954. The quantitative estimate of drug-likeness (QED) is 0.581. The number of rotatable bonds is 8. The Morgan fingerprint density at radius 1 is 0.931 bits per heavy atom. The van der Waals surface area contributed by atoms with Gasteiger partial charge in [0, 0.05) is 5.92 Å². The van der Waals surface area contributed by atoms with E-state index in [2.05, 4.69) is 36.5 Å². The van der Waals surface area contributed by atoms with Crippen LogP contribution in [0.4, 0.5) is 4.39 Å². The predicted octanol–water partition coefficient (Wildman–Crippen LogP) is 4.78. The van der Waals surface area contributed by atoms with E-state index in [1.165, 1.54) is 17.2 Å². The van der Waals surface area contributed by atoms with Gasteiger partial charge < -0.3 is 11.1 Å². The first-order valence-electron chi connectivity index (χ1n) is 9.86. The zero-order valence-corrected chi connectivity index (χ0v) is 16.9. The summed E-state index contributed by atoms with van der Waals surface area (Å²) in [5, 5.41) is 3.29. The standard InChI is InChI=1S/C25H27FN2O/c1-17-8-10-19(11-9-17)22(21-12-13-23(26)18(2)16-21)14-15-28-24(25(27)29)20-6-4-3-5-7-20/h3-13,16,22,24,28H,14-15H2,1-2H3,(H2,27,29)/t22-,24+/m1/s1. The van der Waals surface area contributed by atoms with Crippen LogP contribution in [0.5, 0.6) is 0 Å². The molecule has 0 aromatic heterocycles. The fraction of sp³-hybridized carbons (Fsp3) is 0.240. The van der Waals surface area contributed by atoms with Gasteiger partial charge in [0.25, 0.3) is 0 Å². The molecular weight excluding hydrogens is 363 g/mol. The summed E-state index contributed by atoms with van der Waals surface area (Å²) < 4.78 is 13.8. The monoisotopic (exact) mass is 390 g/mol. The van der Waals surface area contributed by atoms with Gasteiger partial charge in [0.05, 0.1) is 0 Å². The van der Waals surface area contributed by atoms with Crippen molar-refractivity contribution in [3.8, 4) is 0 Å². The zero-order chi connectivity index (χ0) is 20.8. The highest BCUT2D eigenvalue weighted by Crippen LogP contribution is 2.29. The number of nitrogens with one attached hydrogen (secondary N) is 1. The number of carbonyl (C=O) groups excluding carboxylic acids is 1. The second-order valence-corrected chi connectivity index (χ2v) is 7.46. The summed E-state index contributed by atoms with van der Waals surface area (Å²) in [4.78, 5) is 12.0. The summed E-state index contributed by atoms with van der Waals surface area (Å²) in [6.45, 7) is 4.43. The van der Waals surface area contributed by atoms with Gasteiger partial charge in [-0.1, -0.05) is 72.3 Å². The van der Waals surface area contributed by atoms with Crippen LogP contribution < -0.4 is 11.1 Å². The van der Waals surface area contributed by atoms with Gasteiger partial charge in [-0.25, -0.2) is 4.39 Å². The Kier molecular flexibility index (Phi) is 6.78. The molecule has 0 saturated heterocycles. The summed E-state index contributed by atoms with van der Waals surface area (Å²) in [7, 11) is 0. The molecule has 0 aliphatic heterocycles. The maximum absolute atomic E-state index is 13.8. The van der Waals surface area contributed by atoms with Gasteiger partial charge in [0.1, 0.15) is 11.9 Å². The van der Waals surface area contributed by atoms with E-state index >= 15 is 0 Å². The molecule has 0 aliphatic carbocycles. The molecule has 3 rings (SSSR count). The lowest BCUT2D eigenvalue weighted by atomic mass is 9.87. The van der Waals surface area contributed by atoms with Crippen molar-refractivity contribution in [2.24, 2.45) is 5.73 Å².